The summed E-state index contributed by atoms with van der Waals surface area (Å²) in [5, 5.41) is 19.1. The molecular weight excluding hydrogens is 382 g/mol. The summed E-state index contributed by atoms with van der Waals surface area (Å²) in [6.45, 7) is 3.68. The molecule has 0 saturated heterocycles. The van der Waals surface area contributed by atoms with Crippen molar-refractivity contribution in [1.29, 1.82) is 0 Å². The summed E-state index contributed by atoms with van der Waals surface area (Å²) in [7, 11) is 0. The van der Waals surface area contributed by atoms with Gasteiger partial charge in [0.2, 0.25) is 0 Å². The van der Waals surface area contributed by atoms with Crippen LogP contribution in [0, 0.1) is 5.92 Å². The number of aliphatic hydroxyl groups excluding tert-OH is 1. The summed E-state index contributed by atoms with van der Waals surface area (Å²) in [4.78, 5) is 23.8. The number of ether oxygens (including phenoxy) is 1. The third-order valence-corrected chi connectivity index (χ3v) is 4.16. The first-order chi connectivity index (χ1) is 14.2. The average molecular weight is 407 g/mol. The van der Waals surface area contributed by atoms with Crippen molar-refractivity contribution in [3.8, 4) is 11.5 Å². The lowest BCUT2D eigenvalue weighted by Crippen LogP contribution is -2.38. The lowest BCUT2D eigenvalue weighted by molar-refractivity contribution is -0.136. The quantitative estimate of drug-likeness (QED) is 0.200. The highest BCUT2D eigenvalue weighted by molar-refractivity contribution is 6.02. The van der Waals surface area contributed by atoms with E-state index in [0.717, 1.165) is 17.2 Å². The van der Waals surface area contributed by atoms with Crippen LogP contribution in [0.5, 0.6) is 11.5 Å². The largest absolute Gasteiger partial charge is 0.508 e. The molecule has 6 nitrogen and oxygen atoms in total. The zero-order valence-electron chi connectivity index (χ0n) is 16.9. The molecule has 0 bridgehead atoms. The molecule has 2 rings (SSSR count). The topological polar surface area (TPSA) is 110 Å². The number of phenolic OH excluding ortho intramolecular Hbond substituents is 1. The summed E-state index contributed by atoms with van der Waals surface area (Å²) in [5.41, 5.74) is 7.25. The van der Waals surface area contributed by atoms with Crippen LogP contribution in [-0.4, -0.2) is 28.0 Å². The molecule has 6 heteroatoms. The molecule has 4 N–H and O–H groups in total. The van der Waals surface area contributed by atoms with E-state index in [-0.39, 0.29) is 23.2 Å². The highest BCUT2D eigenvalue weighted by Gasteiger charge is 2.19. The molecule has 2 aromatic rings. The second kappa shape index (κ2) is 10.8. The number of nitrogens with two attached hydrogens (primary N) is 1. The van der Waals surface area contributed by atoms with Crippen LogP contribution in [0.15, 0.2) is 72.5 Å². The maximum absolute atomic E-state index is 11.9. The Labute approximate surface area is 175 Å². The van der Waals surface area contributed by atoms with Crippen LogP contribution < -0.4 is 10.5 Å². The standard InChI is InChI=1S/C24H25NO5/c1-16(2)23(25)24(29)30-22-13-7-18(8-14-22)6-12-21(28)15-20(27)11-5-17-3-9-19(26)10-4-17/h3-16,23,26,28H,25H2,1-2H3/b11-5+,12-6+,21-15-. The number of allylic oxidation sites excluding steroid dienone is 3. The van der Waals surface area contributed by atoms with Gasteiger partial charge in [0.1, 0.15) is 23.3 Å². The SMILES string of the molecule is CC(C)C(N)C(=O)Oc1ccc(/C=C/C(O)=C/C(=O)/C=C/c2ccc(O)cc2)cc1. The Morgan fingerprint density at radius 1 is 0.933 bits per heavy atom. The van der Waals surface area contributed by atoms with E-state index < -0.39 is 12.0 Å². The Bertz CT molecular complexity index is 954. The number of hydrogen-bond acceptors (Lipinski definition) is 6. The van der Waals surface area contributed by atoms with Crippen molar-refractivity contribution in [3.05, 3.63) is 83.6 Å². The molecule has 0 amide bonds. The van der Waals surface area contributed by atoms with Crippen LogP contribution in [-0.2, 0) is 9.59 Å². The predicted octanol–water partition coefficient (Wildman–Crippen LogP) is 4.02. The first-order valence-corrected chi connectivity index (χ1v) is 9.42. The van der Waals surface area contributed by atoms with Crippen molar-refractivity contribution in [3.63, 3.8) is 0 Å². The third kappa shape index (κ3) is 7.41. The number of carbonyl (C=O) groups is 2. The minimum atomic E-state index is -0.688. The fourth-order valence-corrected chi connectivity index (χ4v) is 2.29. The number of ketones is 1. The van der Waals surface area contributed by atoms with Crippen molar-refractivity contribution in [2.45, 2.75) is 19.9 Å². The van der Waals surface area contributed by atoms with Crippen molar-refractivity contribution in [2.75, 3.05) is 0 Å². The molecule has 0 aliphatic rings. The first-order valence-electron chi connectivity index (χ1n) is 9.42. The Balaban J connectivity index is 1.93. The van der Waals surface area contributed by atoms with E-state index >= 15 is 0 Å². The van der Waals surface area contributed by atoms with Crippen molar-refractivity contribution < 1.29 is 24.5 Å². The molecule has 0 radical (unpaired) electrons. The number of hydrogen-bond donors (Lipinski definition) is 3. The summed E-state index contributed by atoms with van der Waals surface area (Å²) in [5.74, 6) is -0.572. The van der Waals surface area contributed by atoms with Gasteiger partial charge in [-0.3, -0.25) is 4.79 Å². The number of esters is 1. The summed E-state index contributed by atoms with van der Waals surface area (Å²) < 4.78 is 5.23. The highest BCUT2D eigenvalue weighted by Crippen LogP contribution is 2.15. The maximum Gasteiger partial charge on any atom is 0.328 e. The second-order valence-corrected chi connectivity index (χ2v) is 6.99. The van der Waals surface area contributed by atoms with E-state index in [9.17, 15) is 19.8 Å². The van der Waals surface area contributed by atoms with E-state index in [1.165, 1.54) is 24.3 Å². The zero-order valence-corrected chi connectivity index (χ0v) is 16.9. The maximum atomic E-state index is 11.9. The van der Waals surface area contributed by atoms with E-state index in [2.05, 4.69) is 0 Å². The van der Waals surface area contributed by atoms with Gasteiger partial charge < -0.3 is 20.7 Å². The van der Waals surface area contributed by atoms with Gasteiger partial charge in [0.05, 0.1) is 0 Å². The molecule has 0 saturated carbocycles. The van der Waals surface area contributed by atoms with Gasteiger partial charge in [-0.1, -0.05) is 50.3 Å². The molecule has 0 aromatic heterocycles. The van der Waals surface area contributed by atoms with Gasteiger partial charge in [-0.15, -0.1) is 0 Å². The van der Waals surface area contributed by atoms with Crippen molar-refractivity contribution in [2.24, 2.45) is 11.7 Å². The van der Waals surface area contributed by atoms with Gasteiger partial charge in [0, 0.05) is 6.08 Å². The molecule has 30 heavy (non-hydrogen) atoms. The normalized spacial score (nSPS) is 13.1. The molecular formula is C24H25NO5. The zero-order chi connectivity index (χ0) is 22.1. The van der Waals surface area contributed by atoms with Crippen LogP contribution in [0.2, 0.25) is 0 Å². The van der Waals surface area contributed by atoms with Gasteiger partial charge in [-0.2, -0.15) is 0 Å². The number of benzene rings is 2. The molecule has 2 aromatic carbocycles. The molecule has 0 aliphatic heterocycles. The van der Waals surface area contributed by atoms with E-state index in [1.54, 1.807) is 48.6 Å². The van der Waals surface area contributed by atoms with Gasteiger partial charge in [-0.25, -0.2) is 4.79 Å². The first kappa shape index (κ1) is 22.6. The molecule has 0 aliphatic carbocycles. The van der Waals surface area contributed by atoms with Gasteiger partial charge >= 0.3 is 5.97 Å². The van der Waals surface area contributed by atoms with Crippen LogP contribution in [0.25, 0.3) is 12.2 Å². The summed E-state index contributed by atoms with van der Waals surface area (Å²) >= 11 is 0. The van der Waals surface area contributed by atoms with Crippen LogP contribution in [0.3, 0.4) is 0 Å². The molecule has 0 heterocycles. The molecule has 1 unspecified atom stereocenters. The molecule has 156 valence electrons. The van der Waals surface area contributed by atoms with E-state index in [4.69, 9.17) is 10.5 Å². The monoisotopic (exact) mass is 407 g/mol. The van der Waals surface area contributed by atoms with Crippen molar-refractivity contribution in [1.82, 2.24) is 0 Å². The Hall–Kier alpha value is -3.64. The number of phenols is 1. The molecule has 0 spiro atoms. The van der Waals surface area contributed by atoms with Crippen LogP contribution in [0.4, 0.5) is 0 Å². The molecule has 1 atom stereocenters. The van der Waals surface area contributed by atoms with Crippen LogP contribution in [0.1, 0.15) is 25.0 Å². The molecule has 0 fully saturated rings. The van der Waals surface area contributed by atoms with E-state index in [1.807, 2.05) is 13.8 Å². The minimum absolute atomic E-state index is 0.0203. The summed E-state index contributed by atoms with van der Waals surface area (Å²) in [6, 6.07) is 12.3. The summed E-state index contributed by atoms with van der Waals surface area (Å²) in [6.07, 6.45) is 7.01. The Morgan fingerprint density at radius 3 is 2.03 bits per heavy atom. The van der Waals surface area contributed by atoms with Crippen LogP contribution >= 0.6 is 0 Å². The van der Waals surface area contributed by atoms with Gasteiger partial charge in [0.15, 0.2) is 5.78 Å². The fourth-order valence-electron chi connectivity index (χ4n) is 2.29. The predicted molar refractivity (Wildman–Crippen MR) is 117 cm³/mol. The Kier molecular flexibility index (Phi) is 8.14. The third-order valence-electron chi connectivity index (χ3n) is 4.16. The smallest absolute Gasteiger partial charge is 0.328 e. The Morgan fingerprint density at radius 2 is 1.47 bits per heavy atom. The van der Waals surface area contributed by atoms with Crippen molar-refractivity contribution >= 4 is 23.9 Å². The number of aliphatic hydroxyl groups is 1. The van der Waals surface area contributed by atoms with Gasteiger partial charge in [0.25, 0.3) is 0 Å². The average Bonchev–Trinajstić information content (AvgIpc) is 2.72. The number of aromatic hydroxyl groups is 1. The lowest BCUT2D eigenvalue weighted by Gasteiger charge is -2.14. The second-order valence-electron chi connectivity index (χ2n) is 6.99. The highest BCUT2D eigenvalue weighted by atomic mass is 16.5. The van der Waals surface area contributed by atoms with Gasteiger partial charge in [-0.05, 0) is 53.5 Å². The van der Waals surface area contributed by atoms with E-state index in [0.29, 0.717) is 5.75 Å². The fraction of sp³-hybridized carbons (Fsp3) is 0.167. The number of carbonyl (C=O) groups excluding carboxylic acids is 2. The minimum Gasteiger partial charge on any atom is -0.508 e. The lowest BCUT2D eigenvalue weighted by atomic mass is 10.1. The number of rotatable bonds is 8.